The van der Waals surface area contributed by atoms with Crippen LogP contribution in [0.3, 0.4) is 0 Å². The molecule has 1 unspecified atom stereocenters. The Morgan fingerprint density at radius 1 is 1.26 bits per heavy atom. The summed E-state index contributed by atoms with van der Waals surface area (Å²) in [4.78, 5) is 24.7. The van der Waals surface area contributed by atoms with Crippen molar-refractivity contribution in [2.75, 3.05) is 27.2 Å². The van der Waals surface area contributed by atoms with E-state index in [2.05, 4.69) is 15.5 Å². The molecule has 0 aliphatic carbocycles. The predicted octanol–water partition coefficient (Wildman–Crippen LogP) is 1.13. The van der Waals surface area contributed by atoms with Gasteiger partial charge in [-0.1, -0.05) is 20.3 Å². The summed E-state index contributed by atoms with van der Waals surface area (Å²) in [7, 11) is 4.01. The fourth-order valence-electron chi connectivity index (χ4n) is 1.63. The molecule has 0 aromatic carbocycles. The Morgan fingerprint density at radius 3 is 2.37 bits per heavy atom. The number of carboxylic acid groups (broad SMARTS) is 1. The molecule has 2 atom stereocenters. The van der Waals surface area contributed by atoms with Crippen molar-refractivity contribution >= 4 is 12.0 Å². The number of aliphatic carboxylic acids is 1. The number of hydrogen-bond acceptors (Lipinski definition) is 3. The average Bonchev–Trinajstić information content (AvgIpc) is 2.33. The van der Waals surface area contributed by atoms with Crippen LogP contribution in [0.25, 0.3) is 0 Å². The maximum Gasteiger partial charge on any atom is 0.326 e. The largest absolute Gasteiger partial charge is 0.480 e. The lowest BCUT2D eigenvalue weighted by atomic mass is 9.99. The van der Waals surface area contributed by atoms with E-state index in [0.29, 0.717) is 13.0 Å². The quantitative estimate of drug-likeness (QED) is 0.550. The van der Waals surface area contributed by atoms with Crippen molar-refractivity contribution in [2.24, 2.45) is 5.92 Å². The normalized spacial score (nSPS) is 13.9. The van der Waals surface area contributed by atoms with E-state index in [1.165, 1.54) is 0 Å². The number of nitrogens with one attached hydrogen (secondary N) is 2. The first kappa shape index (κ1) is 17.7. The molecule has 0 aromatic rings. The van der Waals surface area contributed by atoms with Gasteiger partial charge in [-0.05, 0) is 39.4 Å². The summed E-state index contributed by atoms with van der Waals surface area (Å²) in [5.41, 5.74) is 0. The molecule has 0 rings (SSSR count). The van der Waals surface area contributed by atoms with Gasteiger partial charge < -0.3 is 20.6 Å². The monoisotopic (exact) mass is 273 g/mol. The van der Waals surface area contributed by atoms with Gasteiger partial charge in [0.05, 0.1) is 0 Å². The van der Waals surface area contributed by atoms with Crippen LogP contribution in [0.15, 0.2) is 0 Å². The van der Waals surface area contributed by atoms with Crippen molar-refractivity contribution in [3.63, 3.8) is 0 Å². The summed E-state index contributed by atoms with van der Waals surface area (Å²) in [5.74, 6) is -1.07. The maximum atomic E-state index is 11.6. The molecule has 0 radical (unpaired) electrons. The van der Waals surface area contributed by atoms with Crippen molar-refractivity contribution in [3.8, 4) is 0 Å². The van der Waals surface area contributed by atoms with Gasteiger partial charge in [-0.15, -0.1) is 0 Å². The minimum atomic E-state index is -0.989. The maximum absolute atomic E-state index is 11.6. The molecular formula is C13H27N3O3. The molecule has 0 aliphatic heterocycles. The van der Waals surface area contributed by atoms with Crippen LogP contribution in [0.1, 0.15) is 33.1 Å². The van der Waals surface area contributed by atoms with Crippen molar-refractivity contribution in [1.29, 1.82) is 0 Å². The molecule has 0 spiro atoms. The van der Waals surface area contributed by atoms with Gasteiger partial charge in [0.15, 0.2) is 0 Å². The molecule has 0 saturated carbocycles. The smallest absolute Gasteiger partial charge is 0.326 e. The molecular weight excluding hydrogens is 246 g/mol. The lowest BCUT2D eigenvalue weighted by molar-refractivity contribution is -0.140. The van der Waals surface area contributed by atoms with Crippen molar-refractivity contribution in [1.82, 2.24) is 15.5 Å². The van der Waals surface area contributed by atoms with Crippen LogP contribution in [0.4, 0.5) is 4.79 Å². The second-order valence-electron chi connectivity index (χ2n) is 5.11. The van der Waals surface area contributed by atoms with E-state index in [9.17, 15) is 9.59 Å². The molecule has 0 aliphatic rings. The van der Waals surface area contributed by atoms with Gasteiger partial charge in [0.2, 0.25) is 0 Å². The molecule has 19 heavy (non-hydrogen) atoms. The van der Waals surface area contributed by atoms with Crippen LogP contribution in [0.2, 0.25) is 0 Å². The summed E-state index contributed by atoms with van der Waals surface area (Å²) in [6.07, 6.45) is 2.59. The molecule has 0 aromatic heterocycles. The highest BCUT2D eigenvalue weighted by Crippen LogP contribution is 2.07. The van der Waals surface area contributed by atoms with Gasteiger partial charge in [0.1, 0.15) is 6.04 Å². The number of rotatable bonds is 9. The number of hydrogen-bond donors (Lipinski definition) is 3. The van der Waals surface area contributed by atoms with Crippen molar-refractivity contribution in [3.05, 3.63) is 0 Å². The first-order chi connectivity index (χ1) is 8.88. The fraction of sp³-hybridized carbons (Fsp3) is 0.846. The zero-order valence-corrected chi connectivity index (χ0v) is 12.4. The Kier molecular flexibility index (Phi) is 8.95. The number of carboxylic acids is 1. The summed E-state index contributed by atoms with van der Waals surface area (Å²) in [6, 6.07) is -1.23. The predicted molar refractivity (Wildman–Crippen MR) is 75.2 cm³/mol. The third kappa shape index (κ3) is 8.42. The molecule has 0 heterocycles. The van der Waals surface area contributed by atoms with Gasteiger partial charge in [0, 0.05) is 6.54 Å². The Balaban J connectivity index is 3.91. The zero-order valence-electron chi connectivity index (χ0n) is 12.4. The van der Waals surface area contributed by atoms with E-state index < -0.39 is 18.0 Å². The van der Waals surface area contributed by atoms with Gasteiger partial charge in [-0.3, -0.25) is 0 Å². The highest BCUT2D eigenvalue weighted by molar-refractivity contribution is 5.82. The third-order valence-electron chi connectivity index (χ3n) is 3.08. The van der Waals surface area contributed by atoms with Crippen LogP contribution in [-0.4, -0.2) is 55.2 Å². The summed E-state index contributed by atoms with van der Waals surface area (Å²) < 4.78 is 0. The minimum absolute atomic E-state index is 0.0861. The van der Waals surface area contributed by atoms with Crippen LogP contribution < -0.4 is 10.6 Å². The molecule has 0 fully saturated rings. The topological polar surface area (TPSA) is 81.7 Å². The highest BCUT2D eigenvalue weighted by Gasteiger charge is 2.24. The Bertz CT molecular complexity index is 282. The SMILES string of the molecule is CCC(C)[C@H](NC(=O)NCCCCN(C)C)C(=O)O. The number of urea groups is 1. The van der Waals surface area contributed by atoms with E-state index in [4.69, 9.17) is 5.11 Å². The second-order valence-corrected chi connectivity index (χ2v) is 5.11. The number of carbonyl (C=O) groups is 2. The molecule has 112 valence electrons. The Morgan fingerprint density at radius 2 is 1.89 bits per heavy atom. The van der Waals surface area contributed by atoms with Crippen molar-refractivity contribution in [2.45, 2.75) is 39.2 Å². The number of nitrogens with zero attached hydrogens (tertiary/aromatic N) is 1. The van der Waals surface area contributed by atoms with E-state index in [1.807, 2.05) is 27.9 Å². The fourth-order valence-corrected chi connectivity index (χ4v) is 1.63. The standard InChI is InChI=1S/C13H27N3O3/c1-5-10(2)11(12(17)18)15-13(19)14-8-6-7-9-16(3)4/h10-11H,5-9H2,1-4H3,(H,17,18)(H2,14,15,19)/t10?,11-/m0/s1. The van der Waals surface area contributed by atoms with Crippen LogP contribution in [0, 0.1) is 5.92 Å². The lowest BCUT2D eigenvalue weighted by Gasteiger charge is -2.20. The molecule has 6 nitrogen and oxygen atoms in total. The minimum Gasteiger partial charge on any atom is -0.480 e. The molecule has 0 bridgehead atoms. The average molecular weight is 273 g/mol. The van der Waals surface area contributed by atoms with E-state index >= 15 is 0 Å². The number of carbonyl (C=O) groups excluding carboxylic acids is 1. The first-order valence-corrected chi connectivity index (χ1v) is 6.80. The molecule has 0 saturated heterocycles. The molecule has 6 heteroatoms. The van der Waals surface area contributed by atoms with Gasteiger partial charge in [-0.2, -0.15) is 0 Å². The summed E-state index contributed by atoms with van der Waals surface area (Å²) in [5, 5.41) is 14.2. The van der Waals surface area contributed by atoms with E-state index in [0.717, 1.165) is 19.4 Å². The second kappa shape index (κ2) is 9.61. The Hall–Kier alpha value is -1.30. The van der Waals surface area contributed by atoms with E-state index in [1.54, 1.807) is 0 Å². The third-order valence-corrected chi connectivity index (χ3v) is 3.08. The lowest BCUT2D eigenvalue weighted by Crippen LogP contribution is -2.49. The number of unbranched alkanes of at least 4 members (excludes halogenated alkanes) is 1. The highest BCUT2D eigenvalue weighted by atomic mass is 16.4. The first-order valence-electron chi connectivity index (χ1n) is 6.80. The van der Waals surface area contributed by atoms with Gasteiger partial charge in [0.25, 0.3) is 0 Å². The van der Waals surface area contributed by atoms with Crippen LogP contribution >= 0.6 is 0 Å². The Labute approximate surface area is 115 Å². The van der Waals surface area contributed by atoms with Crippen molar-refractivity contribution < 1.29 is 14.7 Å². The number of amides is 2. The van der Waals surface area contributed by atoms with Crippen LogP contribution in [-0.2, 0) is 4.79 Å². The molecule has 2 amide bonds. The summed E-state index contributed by atoms with van der Waals surface area (Å²) >= 11 is 0. The summed E-state index contributed by atoms with van der Waals surface area (Å²) in [6.45, 7) is 5.26. The van der Waals surface area contributed by atoms with E-state index in [-0.39, 0.29) is 5.92 Å². The van der Waals surface area contributed by atoms with Gasteiger partial charge >= 0.3 is 12.0 Å². The zero-order chi connectivity index (χ0) is 14.8. The van der Waals surface area contributed by atoms with Gasteiger partial charge in [-0.25, -0.2) is 9.59 Å². The molecule has 3 N–H and O–H groups in total. The van der Waals surface area contributed by atoms with Crippen LogP contribution in [0.5, 0.6) is 0 Å².